The number of fused-ring (bicyclic) bond motifs is 1. The van der Waals surface area contributed by atoms with E-state index in [-0.39, 0.29) is 16.7 Å². The Balaban J connectivity index is 1.63. The molecule has 1 aliphatic heterocycles. The number of carbonyl (C=O) groups excluding carboxylic acids is 2. The van der Waals surface area contributed by atoms with Crippen LogP contribution in [-0.2, 0) is 0 Å². The third kappa shape index (κ3) is 3.25. The zero-order valence-electron chi connectivity index (χ0n) is 15.8. The quantitative estimate of drug-likeness (QED) is 0.662. The van der Waals surface area contributed by atoms with E-state index in [1.54, 1.807) is 18.2 Å². The highest BCUT2D eigenvalue weighted by molar-refractivity contribution is 6.34. The van der Waals surface area contributed by atoms with Gasteiger partial charge in [0.15, 0.2) is 0 Å². The second kappa shape index (κ2) is 6.91. The molecule has 0 unspecified atom stereocenters. The highest BCUT2D eigenvalue weighted by Gasteiger charge is 2.37. The van der Waals surface area contributed by atoms with Gasteiger partial charge >= 0.3 is 5.97 Å². The minimum absolute atomic E-state index is 0.0782. The Kier molecular flexibility index (Phi) is 4.39. The fourth-order valence-electron chi connectivity index (χ4n) is 3.18. The van der Waals surface area contributed by atoms with E-state index in [0.29, 0.717) is 17.2 Å². The molecule has 3 aromatic carbocycles. The number of imide groups is 1. The second-order valence-corrected chi connectivity index (χ2v) is 6.85. The van der Waals surface area contributed by atoms with Crippen molar-refractivity contribution < 1.29 is 24.2 Å². The molecule has 2 amide bonds. The molecule has 1 N–H and O–H groups in total. The first-order valence-electron chi connectivity index (χ1n) is 8.96. The van der Waals surface area contributed by atoms with Gasteiger partial charge in [0.05, 0.1) is 22.4 Å². The van der Waals surface area contributed by atoms with E-state index in [0.717, 1.165) is 16.0 Å². The van der Waals surface area contributed by atoms with E-state index in [1.165, 1.54) is 24.3 Å². The first-order valence-corrected chi connectivity index (χ1v) is 8.96. The summed E-state index contributed by atoms with van der Waals surface area (Å²) in [6.07, 6.45) is 0. The SMILES string of the molecule is Cc1ccc(Oc2ccc3c(c2)C(=O)N(c2ccc(C(=O)O)cc2)C3=O)cc1C. The molecular weight excluding hydrogens is 370 g/mol. The lowest BCUT2D eigenvalue weighted by molar-refractivity contribution is 0.0696. The molecule has 29 heavy (non-hydrogen) atoms. The fraction of sp³-hybridized carbons (Fsp3) is 0.0870. The molecule has 0 aliphatic carbocycles. The van der Waals surface area contributed by atoms with Gasteiger partial charge in [0.1, 0.15) is 11.5 Å². The first-order chi connectivity index (χ1) is 13.8. The van der Waals surface area contributed by atoms with Crippen molar-refractivity contribution in [3.8, 4) is 11.5 Å². The number of hydrogen-bond acceptors (Lipinski definition) is 4. The third-order valence-electron chi connectivity index (χ3n) is 4.94. The van der Waals surface area contributed by atoms with Crippen LogP contribution in [0.15, 0.2) is 60.7 Å². The topological polar surface area (TPSA) is 83.9 Å². The Labute approximate surface area is 167 Å². The molecule has 144 valence electrons. The minimum Gasteiger partial charge on any atom is -0.478 e. The summed E-state index contributed by atoms with van der Waals surface area (Å²) in [6.45, 7) is 4.00. The number of ether oxygens (including phenoxy) is 1. The van der Waals surface area contributed by atoms with Crippen molar-refractivity contribution in [1.82, 2.24) is 0 Å². The Morgan fingerprint density at radius 2 is 1.41 bits per heavy atom. The fourth-order valence-corrected chi connectivity index (χ4v) is 3.18. The normalized spacial score (nSPS) is 12.8. The lowest BCUT2D eigenvalue weighted by atomic mass is 10.1. The van der Waals surface area contributed by atoms with Crippen molar-refractivity contribution >= 4 is 23.5 Å². The summed E-state index contributed by atoms with van der Waals surface area (Å²) in [5.41, 5.74) is 3.16. The van der Waals surface area contributed by atoms with Gasteiger partial charge in [-0.25, -0.2) is 9.69 Å². The van der Waals surface area contributed by atoms with Crippen molar-refractivity contribution in [3.05, 3.63) is 88.5 Å². The van der Waals surface area contributed by atoms with Crippen LogP contribution in [0.4, 0.5) is 5.69 Å². The lowest BCUT2D eigenvalue weighted by Gasteiger charge is -2.13. The molecule has 0 fully saturated rings. The number of hydrogen-bond donors (Lipinski definition) is 1. The number of aryl methyl sites for hydroxylation is 2. The molecule has 0 atom stereocenters. The number of carboxylic acids is 1. The number of rotatable bonds is 4. The van der Waals surface area contributed by atoms with Crippen molar-refractivity contribution in [2.75, 3.05) is 4.90 Å². The van der Waals surface area contributed by atoms with E-state index in [2.05, 4.69) is 0 Å². The van der Waals surface area contributed by atoms with Crippen molar-refractivity contribution in [3.63, 3.8) is 0 Å². The van der Waals surface area contributed by atoms with Crippen molar-refractivity contribution in [1.29, 1.82) is 0 Å². The van der Waals surface area contributed by atoms with Crippen LogP contribution in [0.5, 0.6) is 11.5 Å². The Hall–Kier alpha value is -3.93. The number of carbonyl (C=O) groups is 3. The standard InChI is InChI=1S/C23H17NO5/c1-13-3-8-17(11-14(13)2)29-18-9-10-19-20(12-18)22(26)24(21(19)25)16-6-4-15(5-7-16)23(27)28/h3-12H,1-2H3,(H,27,28). The van der Waals surface area contributed by atoms with Crippen LogP contribution in [0, 0.1) is 13.8 Å². The highest BCUT2D eigenvalue weighted by atomic mass is 16.5. The molecule has 1 aliphatic rings. The van der Waals surface area contributed by atoms with Gasteiger partial charge in [0.25, 0.3) is 11.8 Å². The summed E-state index contributed by atoms with van der Waals surface area (Å²) in [5.74, 6) is -0.904. The maximum Gasteiger partial charge on any atom is 0.335 e. The van der Waals surface area contributed by atoms with Crippen LogP contribution in [0.1, 0.15) is 42.2 Å². The van der Waals surface area contributed by atoms with Crippen LogP contribution in [0.2, 0.25) is 0 Å². The minimum atomic E-state index is -1.08. The predicted molar refractivity (Wildman–Crippen MR) is 107 cm³/mol. The van der Waals surface area contributed by atoms with Crippen LogP contribution < -0.4 is 9.64 Å². The largest absolute Gasteiger partial charge is 0.478 e. The van der Waals surface area contributed by atoms with E-state index in [1.807, 2.05) is 32.0 Å². The molecular formula is C23H17NO5. The van der Waals surface area contributed by atoms with Gasteiger partial charge in [-0.3, -0.25) is 9.59 Å². The highest BCUT2D eigenvalue weighted by Crippen LogP contribution is 2.32. The average Bonchev–Trinajstić information content (AvgIpc) is 2.95. The van der Waals surface area contributed by atoms with E-state index >= 15 is 0 Å². The number of anilines is 1. The van der Waals surface area contributed by atoms with Gasteiger partial charge in [-0.15, -0.1) is 0 Å². The Bertz CT molecular complexity index is 1160. The van der Waals surface area contributed by atoms with Gasteiger partial charge in [-0.2, -0.15) is 0 Å². The summed E-state index contributed by atoms with van der Waals surface area (Å²) in [5, 5.41) is 9.01. The monoisotopic (exact) mass is 387 g/mol. The number of benzene rings is 3. The second-order valence-electron chi connectivity index (χ2n) is 6.85. The number of amides is 2. The van der Waals surface area contributed by atoms with E-state index < -0.39 is 17.8 Å². The molecule has 0 saturated heterocycles. The van der Waals surface area contributed by atoms with Crippen LogP contribution in [-0.4, -0.2) is 22.9 Å². The van der Waals surface area contributed by atoms with Crippen LogP contribution in [0.3, 0.4) is 0 Å². The zero-order chi connectivity index (χ0) is 20.7. The molecule has 0 aromatic heterocycles. The number of nitrogens with zero attached hydrogens (tertiary/aromatic N) is 1. The lowest BCUT2D eigenvalue weighted by Crippen LogP contribution is -2.29. The van der Waals surface area contributed by atoms with Gasteiger partial charge in [-0.05, 0) is 79.6 Å². The summed E-state index contributed by atoms with van der Waals surface area (Å²) < 4.78 is 5.86. The Morgan fingerprint density at radius 1 is 0.793 bits per heavy atom. The van der Waals surface area contributed by atoms with Crippen LogP contribution in [0.25, 0.3) is 0 Å². The van der Waals surface area contributed by atoms with Gasteiger partial charge in [0, 0.05) is 0 Å². The van der Waals surface area contributed by atoms with Crippen molar-refractivity contribution in [2.24, 2.45) is 0 Å². The molecule has 0 saturated carbocycles. The van der Waals surface area contributed by atoms with Gasteiger partial charge in [0.2, 0.25) is 0 Å². The molecule has 1 heterocycles. The smallest absolute Gasteiger partial charge is 0.335 e. The van der Waals surface area contributed by atoms with E-state index in [9.17, 15) is 14.4 Å². The summed E-state index contributed by atoms with van der Waals surface area (Å²) in [4.78, 5) is 37.6. The number of carboxylic acid groups (broad SMARTS) is 1. The maximum absolute atomic E-state index is 12.9. The average molecular weight is 387 g/mol. The van der Waals surface area contributed by atoms with Crippen molar-refractivity contribution in [2.45, 2.75) is 13.8 Å². The summed E-state index contributed by atoms with van der Waals surface area (Å²) >= 11 is 0. The molecule has 4 rings (SSSR count). The molecule has 6 heteroatoms. The summed E-state index contributed by atoms with van der Waals surface area (Å²) in [7, 11) is 0. The van der Waals surface area contributed by atoms with Crippen LogP contribution >= 0.6 is 0 Å². The van der Waals surface area contributed by atoms with Gasteiger partial charge < -0.3 is 9.84 Å². The summed E-state index contributed by atoms with van der Waals surface area (Å²) in [6, 6.07) is 16.1. The van der Waals surface area contributed by atoms with E-state index in [4.69, 9.17) is 9.84 Å². The van der Waals surface area contributed by atoms with Gasteiger partial charge in [-0.1, -0.05) is 6.07 Å². The zero-order valence-corrected chi connectivity index (χ0v) is 15.8. The number of aromatic carboxylic acids is 1. The molecule has 3 aromatic rings. The first kappa shape index (κ1) is 18.4. The Morgan fingerprint density at radius 3 is 2.07 bits per heavy atom. The third-order valence-corrected chi connectivity index (χ3v) is 4.94. The molecule has 0 spiro atoms. The molecule has 0 radical (unpaired) electrons. The molecule has 0 bridgehead atoms. The predicted octanol–water partition coefficient (Wildman–Crippen LogP) is 4.59. The maximum atomic E-state index is 12.9. The molecule has 6 nitrogen and oxygen atoms in total.